The second-order valence-electron chi connectivity index (χ2n) is 27.9. The molecule has 0 aliphatic heterocycles. The van der Waals surface area contributed by atoms with Crippen molar-refractivity contribution in [3.8, 4) is 23.3 Å². The van der Waals surface area contributed by atoms with Crippen LogP contribution in [0.15, 0.2) is 504 Å². The van der Waals surface area contributed by atoms with E-state index in [2.05, 4.69) is 480 Å². The molecule has 131 heavy (non-hydrogen) atoms. The molecule has 0 N–H and O–H groups in total. The molecule has 0 spiro atoms. The third-order valence-electron chi connectivity index (χ3n) is 18.7. The molecule has 0 heterocycles. The minimum Gasteiger partial charge on any atom is -0.494 e. The molecule has 0 fully saturated rings. The minimum absolute atomic E-state index is 0. The van der Waals surface area contributed by atoms with Gasteiger partial charge in [0.05, 0.1) is 61.6 Å². The van der Waals surface area contributed by atoms with Crippen LogP contribution in [0.5, 0.6) is 11.5 Å². The Morgan fingerprint density at radius 2 is 0.321 bits per heavy atom. The molecule has 17 aromatic carbocycles. The zero-order valence-corrected chi connectivity index (χ0v) is 80.4. The molecule has 17 aromatic rings. The van der Waals surface area contributed by atoms with E-state index in [-0.39, 0.29) is 51.2 Å². The first-order chi connectivity index (χ1) is 62.4. The summed E-state index contributed by atoms with van der Waals surface area (Å²) >= 11 is 0. The van der Waals surface area contributed by atoms with Gasteiger partial charge in [0.1, 0.15) is 11.5 Å². The van der Waals surface area contributed by atoms with Gasteiger partial charge in [0, 0.05) is 80.7 Å². The zero-order valence-electron chi connectivity index (χ0n) is 71.3. The number of nitrogens with zero attached hydrogens (tertiary/aromatic N) is 3. The molecule has 5 nitrogen and oxygen atoms in total. The van der Waals surface area contributed by atoms with Crippen LogP contribution >= 0.6 is 56.2 Å². The number of rotatable bonds is 25. The van der Waals surface area contributed by atoms with Crippen LogP contribution in [0.2, 0.25) is 0 Å². The van der Waals surface area contributed by atoms with Gasteiger partial charge in [-0.3, -0.25) is 11.8 Å². The largest absolute Gasteiger partial charge is 1.00 e. The van der Waals surface area contributed by atoms with Crippen LogP contribution in [0.4, 0.5) is 42.2 Å². The molecular formula is C110H93Cu3F6N3O2P7. The van der Waals surface area contributed by atoms with Crippen molar-refractivity contribution in [3.63, 3.8) is 0 Å². The van der Waals surface area contributed by atoms with E-state index in [9.17, 15) is 25.2 Å². The predicted octanol–water partition coefficient (Wildman–Crippen LogP) is 27.2. The molecule has 0 amide bonds. The fourth-order valence-corrected chi connectivity index (χ4v) is 31.2. The Hall–Kier alpha value is -11.0. The summed E-state index contributed by atoms with van der Waals surface area (Å²) < 4.78 is 77.7. The van der Waals surface area contributed by atoms with Crippen molar-refractivity contribution >= 4 is 137 Å². The van der Waals surface area contributed by atoms with Crippen molar-refractivity contribution in [1.82, 2.24) is 0 Å². The Kier molecular flexibility index (Phi) is 41.9. The molecule has 17 rings (SSSR count). The van der Waals surface area contributed by atoms with Gasteiger partial charge in [0.25, 0.3) is 0 Å². The van der Waals surface area contributed by atoms with E-state index in [1.165, 1.54) is 80.7 Å². The maximum atomic E-state index is 9.87. The average Bonchev–Trinajstić information content (AvgIpc) is 0.776. The standard InChI is InChI=1S/3C30H25NP2.2C10H9O.3Cu.F6P/c3*1-6-16-26(17-7-1)31(32(27-18-8-2-9-19-27)28-20-10-3-11-21-28)33(29-22-12-4-13-23-29)30-24-14-5-15-25-30;2*1-3-9-5-7-10(8-6-9)11-4-2;;;;1-7(2,3,4,5)6/h3*1-25H;2*5-8H,4H2,2H3;;;;/q;;;2*-1;3*+1;-1. The average molecular weight is 2010 g/mol. The maximum absolute atomic E-state index is 10.7. The summed E-state index contributed by atoms with van der Waals surface area (Å²) in [6.07, 6.45) is 13.7. The molecule has 0 bridgehead atoms. The Bertz CT molecular complexity index is 5090. The van der Waals surface area contributed by atoms with Crippen molar-refractivity contribution in [2.75, 3.05) is 26.5 Å². The number of hydrogen-bond donors (Lipinski definition) is 0. The van der Waals surface area contributed by atoms with Crippen LogP contribution in [0.25, 0.3) is 0 Å². The molecular weight excluding hydrogens is 1920 g/mol. The van der Waals surface area contributed by atoms with Gasteiger partial charge in [-0.1, -0.05) is 419 Å². The number of para-hydroxylation sites is 3. The van der Waals surface area contributed by atoms with Gasteiger partial charge < -0.3 is 35.6 Å². The smallest absolute Gasteiger partial charge is 0.494 e. The molecule has 0 unspecified atom stereocenters. The Balaban J connectivity index is 0.000000190. The van der Waals surface area contributed by atoms with Crippen molar-refractivity contribution in [2.45, 2.75) is 13.8 Å². The Morgan fingerprint density at radius 3 is 0.427 bits per heavy atom. The molecule has 0 aliphatic carbocycles. The fraction of sp³-hybridized carbons (Fsp3) is 0.0364. The first-order valence-corrected chi connectivity index (χ1v) is 51.1. The van der Waals surface area contributed by atoms with E-state index in [1.54, 1.807) is 24.3 Å². The fourth-order valence-electron chi connectivity index (χ4n) is 13.3. The first-order valence-electron chi connectivity index (χ1n) is 41.3. The predicted molar refractivity (Wildman–Crippen MR) is 542 cm³/mol. The third kappa shape index (κ3) is 32.8. The number of ether oxygens (including phenoxy) is 2. The van der Waals surface area contributed by atoms with Gasteiger partial charge in [-0.05, 0) is 74.5 Å². The molecule has 0 aliphatic rings. The Labute approximate surface area is 807 Å². The molecule has 21 heteroatoms. The van der Waals surface area contributed by atoms with E-state index < -0.39 is 56.2 Å². The maximum Gasteiger partial charge on any atom is 1.00 e. The van der Waals surface area contributed by atoms with Crippen LogP contribution < -0.4 is 86.5 Å². The second-order valence-corrected chi connectivity index (χ2v) is 43.1. The molecule has 0 radical (unpaired) electrons. The van der Waals surface area contributed by atoms with Crippen LogP contribution in [-0.2, 0) is 51.2 Å². The number of halogens is 6. The summed E-state index contributed by atoms with van der Waals surface area (Å²) in [6.45, 7) is 5.23. The molecule has 0 atom stereocenters. The van der Waals surface area contributed by atoms with Crippen molar-refractivity contribution in [3.05, 3.63) is 527 Å². The van der Waals surface area contributed by atoms with Gasteiger partial charge in [-0.25, -0.2) is 0 Å². The summed E-state index contributed by atoms with van der Waals surface area (Å²) in [5, 5.41) is 16.2. The van der Waals surface area contributed by atoms with Gasteiger partial charge >= 0.3 is 84.2 Å². The van der Waals surface area contributed by atoms with E-state index in [0.29, 0.717) is 13.2 Å². The Morgan fingerprint density at radius 1 is 0.206 bits per heavy atom. The molecule has 0 saturated heterocycles. The quantitative estimate of drug-likeness (QED) is 0.0187. The minimum atomic E-state index is -10.7. The molecule has 670 valence electrons. The van der Waals surface area contributed by atoms with E-state index in [4.69, 9.17) is 22.3 Å². The monoisotopic (exact) mass is 2010 g/mol. The number of benzene rings is 17. The van der Waals surface area contributed by atoms with Crippen molar-refractivity contribution < 1.29 is 85.9 Å². The molecule has 0 aromatic heterocycles. The van der Waals surface area contributed by atoms with E-state index in [0.717, 1.165) is 22.6 Å². The van der Waals surface area contributed by atoms with Gasteiger partial charge in [0.2, 0.25) is 0 Å². The van der Waals surface area contributed by atoms with E-state index >= 15 is 0 Å². The van der Waals surface area contributed by atoms with Crippen LogP contribution in [0.1, 0.15) is 25.0 Å². The normalized spacial score (nSPS) is 11.0. The van der Waals surface area contributed by atoms with Crippen LogP contribution in [0, 0.1) is 24.7 Å². The summed E-state index contributed by atoms with van der Waals surface area (Å²) in [6, 6.07) is 179. The van der Waals surface area contributed by atoms with Gasteiger partial charge in [-0.2, -0.15) is 0 Å². The van der Waals surface area contributed by atoms with Crippen molar-refractivity contribution in [2.24, 2.45) is 0 Å². The summed E-state index contributed by atoms with van der Waals surface area (Å²) in [4.78, 5) is 0. The van der Waals surface area contributed by atoms with Crippen molar-refractivity contribution in [1.29, 1.82) is 0 Å². The SMILES string of the molecule is F[P-](F)(F)(F)(F)F.[C-]#Cc1ccc(OCC)cc1.[C-]#Cc1ccc(OCC)cc1.[Cu+].[Cu+].[Cu+].c1ccc(N(P(c2ccccc2)c2ccccc2)P(c2ccccc2)c2ccccc2)cc1.c1ccc(N(P(c2ccccc2)c2ccccc2)P(c2ccccc2)c2ccccc2)cc1.c1ccc(N(P(c2ccccc2)c2ccccc2)P(c2ccccc2)c2ccccc2)cc1. The molecule has 0 saturated carbocycles. The van der Waals surface area contributed by atoms with Gasteiger partial charge in [0.15, 0.2) is 0 Å². The first kappa shape index (κ1) is 104. The summed E-state index contributed by atoms with van der Waals surface area (Å²) in [5.41, 5.74) is 5.28. The summed E-state index contributed by atoms with van der Waals surface area (Å²) in [7, 11) is -15.5. The number of hydrogen-bond acceptors (Lipinski definition) is 5. The summed E-state index contributed by atoms with van der Waals surface area (Å²) in [5.74, 6) is 6.26. The zero-order chi connectivity index (χ0) is 89.5. The second kappa shape index (κ2) is 52.9. The van der Waals surface area contributed by atoms with Crippen LogP contribution in [0.3, 0.4) is 0 Å². The van der Waals surface area contributed by atoms with Gasteiger partial charge in [-0.15, -0.1) is 35.4 Å². The van der Waals surface area contributed by atoms with Crippen LogP contribution in [-0.4, -0.2) is 13.2 Å². The topological polar surface area (TPSA) is 28.2 Å². The third-order valence-corrected chi connectivity index (χ3v) is 35.1. The van der Waals surface area contributed by atoms with E-state index in [1.807, 2.05) is 38.1 Å². The number of anilines is 3.